The number of rotatable bonds is 4. The van der Waals surface area contributed by atoms with Crippen LogP contribution in [-0.2, 0) is 0 Å². The molecule has 1 aromatic heterocycles. The minimum atomic E-state index is -0.493. The normalized spacial score (nSPS) is 33.5. The number of hydrogen-bond donors (Lipinski definition) is 2. The zero-order valence-electron chi connectivity index (χ0n) is 20.2. The van der Waals surface area contributed by atoms with Crippen molar-refractivity contribution in [1.29, 1.82) is 0 Å². The van der Waals surface area contributed by atoms with Crippen LogP contribution in [0.3, 0.4) is 0 Å². The SMILES string of the molecule is [C-]#[N+]c1ccc(N2CCN(c3cccc(C(=O)NC4C5CC6CC4CC(O)(C6)C5)n3)[C@H](C)C2)cc1. The number of nitrogens with zero attached hydrogens (tertiary/aromatic N) is 4. The smallest absolute Gasteiger partial charge is 0.270 e. The minimum absolute atomic E-state index is 0.0949. The van der Waals surface area contributed by atoms with Crippen molar-refractivity contribution in [2.45, 2.75) is 56.7 Å². The van der Waals surface area contributed by atoms with Crippen LogP contribution in [0.4, 0.5) is 17.2 Å². The number of amides is 1. The molecule has 7 heteroatoms. The fraction of sp³-hybridized carbons (Fsp3) is 0.536. The highest BCUT2D eigenvalue weighted by Crippen LogP contribution is 2.55. The van der Waals surface area contributed by atoms with E-state index in [4.69, 9.17) is 11.6 Å². The number of carbonyl (C=O) groups excluding carboxylic acids is 1. The number of pyridine rings is 1. The van der Waals surface area contributed by atoms with E-state index in [1.165, 1.54) is 0 Å². The van der Waals surface area contributed by atoms with Crippen molar-refractivity contribution in [3.8, 4) is 0 Å². The summed E-state index contributed by atoms with van der Waals surface area (Å²) in [6.45, 7) is 11.9. The molecule has 1 aromatic carbocycles. The maximum atomic E-state index is 13.2. The predicted octanol–water partition coefficient (Wildman–Crippen LogP) is 4.02. The summed E-state index contributed by atoms with van der Waals surface area (Å²) in [5, 5.41) is 14.2. The molecular weight excluding hydrogens is 438 g/mol. The molecule has 1 amide bonds. The zero-order chi connectivity index (χ0) is 24.2. The average molecular weight is 472 g/mol. The molecule has 1 aliphatic heterocycles. The first-order valence-electron chi connectivity index (χ1n) is 12.9. The Balaban J connectivity index is 1.12. The number of carbonyl (C=O) groups is 1. The van der Waals surface area contributed by atoms with Gasteiger partial charge in [-0.1, -0.05) is 18.2 Å². The van der Waals surface area contributed by atoms with E-state index in [1.54, 1.807) is 0 Å². The van der Waals surface area contributed by atoms with Gasteiger partial charge in [0.15, 0.2) is 5.69 Å². The first-order valence-corrected chi connectivity index (χ1v) is 12.9. The summed E-state index contributed by atoms with van der Waals surface area (Å²) in [7, 11) is 0. The summed E-state index contributed by atoms with van der Waals surface area (Å²) >= 11 is 0. The zero-order valence-corrected chi connectivity index (χ0v) is 20.2. The Morgan fingerprint density at radius 3 is 2.51 bits per heavy atom. The van der Waals surface area contributed by atoms with Gasteiger partial charge in [0.1, 0.15) is 11.5 Å². The Labute approximate surface area is 207 Å². The van der Waals surface area contributed by atoms with Crippen LogP contribution < -0.4 is 15.1 Å². The minimum Gasteiger partial charge on any atom is -0.390 e. The van der Waals surface area contributed by atoms with E-state index in [2.05, 4.69) is 26.9 Å². The van der Waals surface area contributed by atoms with Crippen molar-refractivity contribution in [1.82, 2.24) is 10.3 Å². The number of hydrogen-bond acceptors (Lipinski definition) is 5. The molecule has 2 N–H and O–H groups in total. The van der Waals surface area contributed by atoms with E-state index in [1.807, 2.05) is 42.5 Å². The van der Waals surface area contributed by atoms with Crippen LogP contribution in [0.25, 0.3) is 4.85 Å². The number of aliphatic hydroxyl groups is 1. The molecular formula is C28H33N5O2. The lowest BCUT2D eigenvalue weighted by molar-refractivity contribution is -0.136. The van der Waals surface area contributed by atoms with Gasteiger partial charge in [0.05, 0.1) is 12.2 Å². The van der Waals surface area contributed by atoms with Gasteiger partial charge >= 0.3 is 0 Å². The van der Waals surface area contributed by atoms with Crippen molar-refractivity contribution >= 4 is 23.1 Å². The molecule has 5 fully saturated rings. The van der Waals surface area contributed by atoms with Crippen LogP contribution in [0.2, 0.25) is 0 Å². The molecule has 2 heterocycles. The fourth-order valence-corrected chi connectivity index (χ4v) is 7.42. The third-order valence-corrected chi connectivity index (χ3v) is 8.77. The van der Waals surface area contributed by atoms with Crippen LogP contribution in [0.5, 0.6) is 0 Å². The third-order valence-electron chi connectivity index (χ3n) is 8.77. The number of anilines is 2. The maximum Gasteiger partial charge on any atom is 0.270 e. The van der Waals surface area contributed by atoms with Gasteiger partial charge in [0.25, 0.3) is 5.91 Å². The van der Waals surface area contributed by atoms with E-state index in [0.717, 1.165) is 63.2 Å². The van der Waals surface area contributed by atoms with Gasteiger partial charge in [-0.3, -0.25) is 4.79 Å². The molecule has 2 aromatic rings. The maximum absolute atomic E-state index is 13.2. The highest BCUT2D eigenvalue weighted by molar-refractivity contribution is 5.93. The van der Waals surface area contributed by atoms with Gasteiger partial charge < -0.3 is 20.2 Å². The van der Waals surface area contributed by atoms with Crippen LogP contribution in [0.1, 0.15) is 49.5 Å². The van der Waals surface area contributed by atoms with Gasteiger partial charge in [-0.25, -0.2) is 9.83 Å². The van der Waals surface area contributed by atoms with Crippen molar-refractivity contribution in [2.24, 2.45) is 17.8 Å². The molecule has 4 saturated carbocycles. The molecule has 5 aliphatic rings. The van der Waals surface area contributed by atoms with Crippen LogP contribution in [0, 0.1) is 24.3 Å². The van der Waals surface area contributed by atoms with E-state index >= 15 is 0 Å². The van der Waals surface area contributed by atoms with Crippen LogP contribution >= 0.6 is 0 Å². The molecule has 0 radical (unpaired) electrons. The molecule has 3 atom stereocenters. The molecule has 7 rings (SSSR count). The van der Waals surface area contributed by atoms with Crippen molar-refractivity contribution in [3.63, 3.8) is 0 Å². The van der Waals surface area contributed by atoms with Gasteiger partial charge in [-0.2, -0.15) is 0 Å². The average Bonchev–Trinajstić information content (AvgIpc) is 2.85. The molecule has 2 unspecified atom stereocenters. The second-order valence-electron chi connectivity index (χ2n) is 11.2. The lowest BCUT2D eigenvalue weighted by Crippen LogP contribution is -2.61. The topological polar surface area (TPSA) is 73.1 Å². The summed E-state index contributed by atoms with van der Waals surface area (Å²) in [5.41, 5.74) is 1.77. The number of benzene rings is 1. The van der Waals surface area contributed by atoms with Crippen molar-refractivity contribution in [2.75, 3.05) is 29.4 Å². The predicted molar refractivity (Wildman–Crippen MR) is 136 cm³/mol. The van der Waals surface area contributed by atoms with Crippen LogP contribution in [-0.4, -0.2) is 53.3 Å². The second kappa shape index (κ2) is 8.53. The quantitative estimate of drug-likeness (QED) is 0.659. The number of nitrogens with one attached hydrogen (secondary N) is 1. The molecule has 35 heavy (non-hydrogen) atoms. The van der Waals surface area contributed by atoms with E-state index in [0.29, 0.717) is 29.1 Å². The summed E-state index contributed by atoms with van der Waals surface area (Å²) in [5.74, 6) is 2.14. The second-order valence-corrected chi connectivity index (χ2v) is 11.2. The lowest BCUT2D eigenvalue weighted by Gasteiger charge is -2.58. The Hall–Kier alpha value is -3.11. The molecule has 4 aliphatic carbocycles. The van der Waals surface area contributed by atoms with E-state index < -0.39 is 5.60 Å². The highest BCUT2D eigenvalue weighted by Gasteiger charge is 2.55. The third kappa shape index (κ3) is 4.14. The Bertz CT molecular complexity index is 1140. The Kier molecular flexibility index (Phi) is 5.45. The Morgan fingerprint density at radius 1 is 1.11 bits per heavy atom. The van der Waals surface area contributed by atoms with E-state index in [-0.39, 0.29) is 18.0 Å². The van der Waals surface area contributed by atoms with Crippen molar-refractivity contribution < 1.29 is 9.90 Å². The monoisotopic (exact) mass is 471 g/mol. The number of piperazine rings is 1. The van der Waals surface area contributed by atoms with Gasteiger partial charge in [0.2, 0.25) is 0 Å². The van der Waals surface area contributed by atoms with Crippen LogP contribution in [0.15, 0.2) is 42.5 Å². The first-order chi connectivity index (χ1) is 16.9. The van der Waals surface area contributed by atoms with E-state index in [9.17, 15) is 9.90 Å². The Morgan fingerprint density at radius 2 is 1.86 bits per heavy atom. The first kappa shape index (κ1) is 22.4. The molecule has 1 saturated heterocycles. The summed E-state index contributed by atoms with van der Waals surface area (Å²) in [4.78, 5) is 26.1. The number of aromatic nitrogens is 1. The van der Waals surface area contributed by atoms with Gasteiger partial charge in [-0.05, 0) is 81.0 Å². The van der Waals surface area contributed by atoms with Gasteiger partial charge in [0, 0.05) is 37.4 Å². The summed E-state index contributed by atoms with van der Waals surface area (Å²) in [6.07, 6.45) is 4.84. The fourth-order valence-electron chi connectivity index (χ4n) is 7.42. The highest BCUT2D eigenvalue weighted by atomic mass is 16.3. The van der Waals surface area contributed by atoms with Gasteiger partial charge in [-0.15, -0.1) is 0 Å². The summed E-state index contributed by atoms with van der Waals surface area (Å²) in [6, 6.07) is 13.9. The molecule has 0 spiro atoms. The molecule has 7 nitrogen and oxygen atoms in total. The molecule has 182 valence electrons. The lowest BCUT2D eigenvalue weighted by atomic mass is 9.52. The van der Waals surface area contributed by atoms with Crippen molar-refractivity contribution in [3.05, 3.63) is 59.6 Å². The summed E-state index contributed by atoms with van der Waals surface area (Å²) < 4.78 is 0. The standard InChI is InChI=1S/C28H33N5O2/c1-18-17-32(23-8-6-22(29-2)7-9-23)10-11-33(18)25-5-3-4-24(30-25)27(34)31-26-20-12-19-13-21(26)16-28(35,14-19)15-20/h3-9,18-21,26,35H,10-17H2,1H3,(H,31,34)/t18-,19?,20?,21?,26?,28?/m1/s1. The molecule has 4 bridgehead atoms. The largest absolute Gasteiger partial charge is 0.390 e.